The van der Waals surface area contributed by atoms with Crippen LogP contribution in [0, 0.1) is 6.92 Å². The molecule has 2 aliphatic heterocycles. The zero-order chi connectivity index (χ0) is 19.2. The van der Waals surface area contributed by atoms with E-state index in [1.54, 1.807) is 0 Å². The second kappa shape index (κ2) is 9.18. The van der Waals surface area contributed by atoms with Gasteiger partial charge in [-0.05, 0) is 25.3 Å². The number of urea groups is 1. The van der Waals surface area contributed by atoms with Gasteiger partial charge in [0.2, 0.25) is 5.91 Å². The maximum atomic E-state index is 12.6. The molecule has 1 saturated heterocycles. The molecule has 27 heavy (non-hydrogen) atoms. The molecular weight excluding hydrogens is 338 g/mol. The first-order valence-corrected chi connectivity index (χ1v) is 10.2. The van der Waals surface area contributed by atoms with Crippen LogP contribution in [0.2, 0.25) is 0 Å². The lowest BCUT2D eigenvalue weighted by Crippen LogP contribution is -2.54. The van der Waals surface area contributed by atoms with E-state index in [9.17, 15) is 9.59 Å². The highest BCUT2D eigenvalue weighted by molar-refractivity contribution is 5.95. The molecule has 5 heteroatoms. The summed E-state index contributed by atoms with van der Waals surface area (Å²) in [6.45, 7) is 6.50. The van der Waals surface area contributed by atoms with Crippen molar-refractivity contribution in [2.45, 2.75) is 58.0 Å². The lowest BCUT2D eigenvalue weighted by Gasteiger charge is -2.36. The van der Waals surface area contributed by atoms with Crippen molar-refractivity contribution >= 4 is 11.9 Å². The smallest absolute Gasteiger partial charge is 0.322 e. The Labute approximate surface area is 162 Å². The van der Waals surface area contributed by atoms with Crippen LogP contribution in [-0.2, 0) is 4.79 Å². The van der Waals surface area contributed by atoms with Crippen LogP contribution in [0.3, 0.4) is 0 Å². The summed E-state index contributed by atoms with van der Waals surface area (Å²) in [7, 11) is 0. The van der Waals surface area contributed by atoms with Gasteiger partial charge in [0.1, 0.15) is 0 Å². The molecule has 0 spiro atoms. The van der Waals surface area contributed by atoms with Gasteiger partial charge in [-0.3, -0.25) is 14.6 Å². The maximum Gasteiger partial charge on any atom is 0.325 e. The first-order chi connectivity index (χ1) is 13.1. The van der Waals surface area contributed by atoms with Crippen molar-refractivity contribution in [3.8, 4) is 0 Å². The minimum atomic E-state index is -0.236. The van der Waals surface area contributed by atoms with Gasteiger partial charge in [0.25, 0.3) is 0 Å². The minimum Gasteiger partial charge on any atom is -0.322 e. The standard InChI is InChI=1S/C22H31N3O2/c1-3-4-8-20(23-22(27)25-15-6-9-21(25)26)24-14-5-7-19(16-24)18-12-10-17(2)11-13-18/h5,7,10-13,19-20H,3-4,6,8-9,14-16H2,1-2H3,(H,23,27). The van der Waals surface area contributed by atoms with Gasteiger partial charge in [-0.25, -0.2) is 4.79 Å². The summed E-state index contributed by atoms with van der Waals surface area (Å²) in [5.41, 5.74) is 2.57. The van der Waals surface area contributed by atoms with Crippen LogP contribution in [0.1, 0.15) is 56.1 Å². The molecule has 0 aliphatic carbocycles. The lowest BCUT2D eigenvalue weighted by molar-refractivity contribution is -0.125. The summed E-state index contributed by atoms with van der Waals surface area (Å²) in [6, 6.07) is 8.45. The van der Waals surface area contributed by atoms with Crippen LogP contribution in [-0.4, -0.2) is 47.5 Å². The van der Waals surface area contributed by atoms with Gasteiger partial charge in [0.15, 0.2) is 0 Å². The Hall–Kier alpha value is -2.14. The molecule has 0 bridgehead atoms. The highest BCUT2D eigenvalue weighted by Gasteiger charge is 2.30. The number of unbranched alkanes of at least 4 members (excludes halogenated alkanes) is 1. The van der Waals surface area contributed by atoms with Gasteiger partial charge in [0.05, 0.1) is 6.17 Å². The third-order valence-corrected chi connectivity index (χ3v) is 5.53. The van der Waals surface area contributed by atoms with Gasteiger partial charge in [0, 0.05) is 32.0 Å². The molecule has 2 unspecified atom stereocenters. The summed E-state index contributed by atoms with van der Waals surface area (Å²) >= 11 is 0. The van der Waals surface area contributed by atoms with Crippen molar-refractivity contribution in [1.29, 1.82) is 0 Å². The minimum absolute atomic E-state index is 0.0382. The molecule has 0 aromatic heterocycles. The molecule has 0 saturated carbocycles. The third kappa shape index (κ3) is 4.98. The van der Waals surface area contributed by atoms with E-state index in [1.807, 2.05) is 0 Å². The molecule has 3 amide bonds. The van der Waals surface area contributed by atoms with Crippen LogP contribution in [0.15, 0.2) is 36.4 Å². The number of hydrogen-bond acceptors (Lipinski definition) is 3. The monoisotopic (exact) mass is 369 g/mol. The molecule has 3 rings (SSSR count). The van der Waals surface area contributed by atoms with E-state index in [-0.39, 0.29) is 18.1 Å². The molecule has 0 radical (unpaired) electrons. The number of carbonyl (C=O) groups excluding carboxylic acids is 2. The number of benzene rings is 1. The molecule has 1 fully saturated rings. The third-order valence-electron chi connectivity index (χ3n) is 5.53. The topological polar surface area (TPSA) is 52.7 Å². The molecule has 1 aromatic rings. The zero-order valence-corrected chi connectivity index (χ0v) is 16.5. The van der Waals surface area contributed by atoms with Gasteiger partial charge >= 0.3 is 6.03 Å². The van der Waals surface area contributed by atoms with E-state index in [0.717, 1.165) is 38.8 Å². The number of aryl methyl sites for hydroxylation is 1. The van der Waals surface area contributed by atoms with Crippen LogP contribution >= 0.6 is 0 Å². The summed E-state index contributed by atoms with van der Waals surface area (Å²) < 4.78 is 0. The second-order valence-corrected chi connectivity index (χ2v) is 7.66. The summed E-state index contributed by atoms with van der Waals surface area (Å²) in [4.78, 5) is 28.2. The number of imide groups is 1. The van der Waals surface area contributed by atoms with E-state index < -0.39 is 0 Å². The Bertz CT molecular complexity index is 683. The fourth-order valence-corrected chi connectivity index (χ4v) is 3.86. The molecule has 2 heterocycles. The summed E-state index contributed by atoms with van der Waals surface area (Å²) in [5, 5.41) is 3.13. The molecular formula is C22H31N3O2. The highest BCUT2D eigenvalue weighted by atomic mass is 16.2. The Kier molecular flexibility index (Phi) is 6.67. The molecule has 5 nitrogen and oxygen atoms in total. The second-order valence-electron chi connectivity index (χ2n) is 7.66. The van der Waals surface area contributed by atoms with Gasteiger partial charge in [-0.2, -0.15) is 0 Å². The normalized spacial score (nSPS) is 21.5. The molecule has 1 N–H and O–H groups in total. The molecule has 2 aliphatic rings. The van der Waals surface area contributed by atoms with E-state index in [1.165, 1.54) is 16.0 Å². The number of amides is 3. The Morgan fingerprint density at radius 1 is 1.30 bits per heavy atom. The predicted molar refractivity (Wildman–Crippen MR) is 107 cm³/mol. The predicted octanol–water partition coefficient (Wildman–Crippen LogP) is 3.80. The Morgan fingerprint density at radius 2 is 2.07 bits per heavy atom. The van der Waals surface area contributed by atoms with Crippen molar-refractivity contribution in [1.82, 2.24) is 15.1 Å². The fourth-order valence-electron chi connectivity index (χ4n) is 3.86. The van der Waals surface area contributed by atoms with Crippen molar-refractivity contribution in [2.75, 3.05) is 19.6 Å². The number of nitrogens with one attached hydrogen (secondary N) is 1. The first-order valence-electron chi connectivity index (χ1n) is 10.2. The number of likely N-dealkylation sites (tertiary alicyclic amines) is 1. The SMILES string of the molecule is CCCCC(NC(=O)N1CCCC1=O)N1CC=CC(c2ccc(C)cc2)C1. The number of carbonyl (C=O) groups is 2. The van der Waals surface area contributed by atoms with Gasteiger partial charge in [-0.1, -0.05) is 61.7 Å². The Balaban J connectivity index is 1.68. The number of hydrogen-bond donors (Lipinski definition) is 1. The fraction of sp³-hybridized carbons (Fsp3) is 0.545. The van der Waals surface area contributed by atoms with Crippen LogP contribution in [0.4, 0.5) is 4.79 Å². The van der Waals surface area contributed by atoms with Crippen molar-refractivity contribution < 1.29 is 9.59 Å². The quantitative estimate of drug-likeness (QED) is 0.776. The van der Waals surface area contributed by atoms with Crippen LogP contribution in [0.5, 0.6) is 0 Å². The number of nitrogens with zero attached hydrogens (tertiary/aromatic N) is 2. The largest absolute Gasteiger partial charge is 0.325 e. The molecule has 2 atom stereocenters. The first kappa shape index (κ1) is 19.6. The zero-order valence-electron chi connectivity index (χ0n) is 16.5. The van der Waals surface area contributed by atoms with Crippen LogP contribution < -0.4 is 5.32 Å². The van der Waals surface area contributed by atoms with E-state index in [2.05, 4.69) is 60.5 Å². The lowest BCUT2D eigenvalue weighted by atomic mass is 9.94. The van der Waals surface area contributed by atoms with E-state index >= 15 is 0 Å². The summed E-state index contributed by atoms with van der Waals surface area (Å²) in [5.74, 6) is 0.270. The highest BCUT2D eigenvalue weighted by Crippen LogP contribution is 2.24. The van der Waals surface area contributed by atoms with Crippen LogP contribution in [0.25, 0.3) is 0 Å². The maximum absolute atomic E-state index is 12.6. The summed E-state index contributed by atoms with van der Waals surface area (Å²) in [6.07, 6.45) is 8.71. The molecule has 1 aromatic carbocycles. The average molecular weight is 370 g/mol. The van der Waals surface area contributed by atoms with Crippen molar-refractivity contribution in [3.05, 3.63) is 47.5 Å². The van der Waals surface area contributed by atoms with Gasteiger partial charge < -0.3 is 5.32 Å². The molecule has 146 valence electrons. The van der Waals surface area contributed by atoms with Crippen molar-refractivity contribution in [3.63, 3.8) is 0 Å². The van der Waals surface area contributed by atoms with E-state index in [4.69, 9.17) is 0 Å². The Morgan fingerprint density at radius 3 is 2.74 bits per heavy atom. The van der Waals surface area contributed by atoms with Crippen molar-refractivity contribution in [2.24, 2.45) is 0 Å². The van der Waals surface area contributed by atoms with Gasteiger partial charge in [-0.15, -0.1) is 0 Å². The number of rotatable bonds is 6. The van der Waals surface area contributed by atoms with E-state index in [0.29, 0.717) is 18.9 Å². The average Bonchev–Trinajstić information content (AvgIpc) is 3.12.